The van der Waals surface area contributed by atoms with Gasteiger partial charge in [0.1, 0.15) is 6.61 Å². The molecule has 3 heteroatoms. The zero-order valence-corrected chi connectivity index (χ0v) is 9.93. The minimum absolute atomic E-state index is 0.0729. The van der Waals surface area contributed by atoms with Crippen LogP contribution in [0.25, 0.3) is 0 Å². The molecule has 0 radical (unpaired) electrons. The SMILES string of the molecule is C#CCCOCC(=O)NCCC(C)(C)C. The maximum atomic E-state index is 11.2. The summed E-state index contributed by atoms with van der Waals surface area (Å²) in [7, 11) is 0. The van der Waals surface area contributed by atoms with Gasteiger partial charge in [-0.1, -0.05) is 20.8 Å². The molecule has 0 rings (SSSR count). The zero-order valence-electron chi connectivity index (χ0n) is 9.93. The Bertz CT molecular complexity index is 223. The van der Waals surface area contributed by atoms with E-state index in [4.69, 9.17) is 11.2 Å². The van der Waals surface area contributed by atoms with Gasteiger partial charge in [-0.15, -0.1) is 12.3 Å². The van der Waals surface area contributed by atoms with E-state index in [1.54, 1.807) is 0 Å². The summed E-state index contributed by atoms with van der Waals surface area (Å²) in [5, 5.41) is 2.80. The van der Waals surface area contributed by atoms with Gasteiger partial charge in [-0.3, -0.25) is 4.79 Å². The Morgan fingerprint density at radius 1 is 1.47 bits per heavy atom. The van der Waals surface area contributed by atoms with Crippen LogP contribution in [0.3, 0.4) is 0 Å². The number of carbonyl (C=O) groups excluding carboxylic acids is 1. The van der Waals surface area contributed by atoms with Gasteiger partial charge in [0, 0.05) is 13.0 Å². The molecule has 0 spiro atoms. The molecule has 0 saturated heterocycles. The van der Waals surface area contributed by atoms with Gasteiger partial charge in [0.15, 0.2) is 0 Å². The second kappa shape index (κ2) is 7.30. The molecule has 0 heterocycles. The van der Waals surface area contributed by atoms with Gasteiger partial charge in [0.2, 0.25) is 5.91 Å². The summed E-state index contributed by atoms with van der Waals surface area (Å²) in [6.45, 7) is 7.67. The van der Waals surface area contributed by atoms with Gasteiger partial charge in [0.05, 0.1) is 6.61 Å². The fourth-order valence-electron chi connectivity index (χ4n) is 0.924. The van der Waals surface area contributed by atoms with Crippen LogP contribution in [0.1, 0.15) is 33.6 Å². The number of hydrogen-bond donors (Lipinski definition) is 1. The first-order valence-corrected chi connectivity index (χ1v) is 5.23. The normalized spacial score (nSPS) is 10.8. The maximum absolute atomic E-state index is 11.2. The number of carbonyl (C=O) groups is 1. The van der Waals surface area contributed by atoms with Crippen molar-refractivity contribution in [2.24, 2.45) is 5.41 Å². The summed E-state index contributed by atoms with van der Waals surface area (Å²) in [5.41, 5.74) is 0.248. The molecule has 15 heavy (non-hydrogen) atoms. The molecule has 0 aromatic rings. The van der Waals surface area contributed by atoms with Crippen molar-refractivity contribution in [3.8, 4) is 12.3 Å². The summed E-state index contributed by atoms with van der Waals surface area (Å²) >= 11 is 0. The number of rotatable bonds is 6. The Balaban J connectivity index is 3.39. The van der Waals surface area contributed by atoms with Crippen molar-refractivity contribution in [3.05, 3.63) is 0 Å². The average Bonchev–Trinajstić information content (AvgIpc) is 2.10. The van der Waals surface area contributed by atoms with Crippen LogP contribution < -0.4 is 5.32 Å². The third-order valence-corrected chi connectivity index (χ3v) is 1.82. The second-order valence-electron chi connectivity index (χ2n) is 4.67. The van der Waals surface area contributed by atoms with Crippen molar-refractivity contribution >= 4 is 5.91 Å². The van der Waals surface area contributed by atoms with Crippen LogP contribution >= 0.6 is 0 Å². The zero-order chi connectivity index (χ0) is 11.7. The molecule has 1 amide bonds. The second-order valence-corrected chi connectivity index (χ2v) is 4.67. The van der Waals surface area contributed by atoms with E-state index in [-0.39, 0.29) is 17.9 Å². The van der Waals surface area contributed by atoms with Crippen LogP contribution in [0.5, 0.6) is 0 Å². The first-order valence-electron chi connectivity index (χ1n) is 5.23. The van der Waals surface area contributed by atoms with Crippen molar-refractivity contribution in [1.29, 1.82) is 0 Å². The smallest absolute Gasteiger partial charge is 0.245 e. The number of ether oxygens (including phenoxy) is 1. The van der Waals surface area contributed by atoms with Crippen molar-refractivity contribution in [2.45, 2.75) is 33.6 Å². The Morgan fingerprint density at radius 2 is 2.13 bits per heavy atom. The number of amides is 1. The van der Waals surface area contributed by atoms with E-state index >= 15 is 0 Å². The summed E-state index contributed by atoms with van der Waals surface area (Å²) in [4.78, 5) is 11.2. The average molecular weight is 211 g/mol. The van der Waals surface area contributed by atoms with Gasteiger partial charge >= 0.3 is 0 Å². The van der Waals surface area contributed by atoms with Gasteiger partial charge in [-0.25, -0.2) is 0 Å². The van der Waals surface area contributed by atoms with Crippen LogP contribution in [-0.2, 0) is 9.53 Å². The molecule has 0 aliphatic rings. The lowest BCUT2D eigenvalue weighted by Crippen LogP contribution is -2.30. The molecule has 0 bridgehead atoms. The van der Waals surface area contributed by atoms with Gasteiger partial charge < -0.3 is 10.1 Å². The fourth-order valence-corrected chi connectivity index (χ4v) is 0.924. The van der Waals surface area contributed by atoms with E-state index < -0.39 is 0 Å². The highest BCUT2D eigenvalue weighted by molar-refractivity contribution is 5.77. The van der Waals surface area contributed by atoms with E-state index in [2.05, 4.69) is 32.0 Å². The van der Waals surface area contributed by atoms with Crippen molar-refractivity contribution in [2.75, 3.05) is 19.8 Å². The summed E-state index contributed by atoms with van der Waals surface area (Å²) in [5.74, 6) is 2.37. The molecule has 86 valence electrons. The minimum Gasteiger partial charge on any atom is -0.371 e. The Labute approximate surface area is 92.6 Å². The van der Waals surface area contributed by atoms with Crippen molar-refractivity contribution in [3.63, 3.8) is 0 Å². The molecular weight excluding hydrogens is 190 g/mol. The molecule has 3 nitrogen and oxygen atoms in total. The van der Waals surface area contributed by atoms with Crippen molar-refractivity contribution < 1.29 is 9.53 Å². The van der Waals surface area contributed by atoms with E-state index in [1.807, 2.05) is 0 Å². The molecular formula is C12H21NO2. The number of hydrogen-bond acceptors (Lipinski definition) is 2. The minimum atomic E-state index is -0.0729. The summed E-state index contributed by atoms with van der Waals surface area (Å²) in [6.07, 6.45) is 6.56. The van der Waals surface area contributed by atoms with Crippen LogP contribution in [-0.4, -0.2) is 25.7 Å². The van der Waals surface area contributed by atoms with E-state index in [0.717, 1.165) is 6.42 Å². The molecule has 0 aliphatic heterocycles. The highest BCUT2D eigenvalue weighted by atomic mass is 16.5. The Kier molecular flexibility index (Phi) is 6.81. The number of nitrogens with one attached hydrogen (secondary N) is 1. The molecule has 0 aromatic heterocycles. The maximum Gasteiger partial charge on any atom is 0.245 e. The third-order valence-electron chi connectivity index (χ3n) is 1.82. The molecule has 0 aromatic carbocycles. The Morgan fingerprint density at radius 3 is 2.67 bits per heavy atom. The lowest BCUT2D eigenvalue weighted by Gasteiger charge is -2.17. The fraction of sp³-hybridized carbons (Fsp3) is 0.750. The van der Waals surface area contributed by atoms with Gasteiger partial charge in [0.25, 0.3) is 0 Å². The molecule has 1 N–H and O–H groups in total. The molecule has 0 aliphatic carbocycles. The lowest BCUT2D eigenvalue weighted by molar-refractivity contribution is -0.125. The Hall–Kier alpha value is -1.01. The predicted molar refractivity (Wildman–Crippen MR) is 61.4 cm³/mol. The molecule has 0 atom stereocenters. The van der Waals surface area contributed by atoms with Crippen LogP contribution in [0, 0.1) is 17.8 Å². The highest BCUT2D eigenvalue weighted by Gasteiger charge is 2.10. The standard InChI is InChI=1S/C12H21NO2/c1-5-6-9-15-10-11(14)13-8-7-12(2,3)4/h1H,6-10H2,2-4H3,(H,13,14). The van der Waals surface area contributed by atoms with E-state index in [1.165, 1.54) is 0 Å². The summed E-state index contributed by atoms with van der Waals surface area (Å²) in [6, 6.07) is 0. The van der Waals surface area contributed by atoms with Crippen molar-refractivity contribution in [1.82, 2.24) is 5.32 Å². The topological polar surface area (TPSA) is 38.3 Å². The van der Waals surface area contributed by atoms with Gasteiger partial charge in [-0.2, -0.15) is 0 Å². The van der Waals surface area contributed by atoms with E-state index in [0.29, 0.717) is 19.6 Å². The highest BCUT2D eigenvalue weighted by Crippen LogP contribution is 2.16. The lowest BCUT2D eigenvalue weighted by atomic mass is 9.92. The number of terminal acetylenes is 1. The first-order chi connectivity index (χ1) is 6.95. The molecule has 0 fully saturated rings. The quantitative estimate of drug-likeness (QED) is 0.535. The monoisotopic (exact) mass is 211 g/mol. The van der Waals surface area contributed by atoms with Crippen LogP contribution in [0.15, 0.2) is 0 Å². The van der Waals surface area contributed by atoms with E-state index in [9.17, 15) is 4.79 Å². The largest absolute Gasteiger partial charge is 0.371 e. The van der Waals surface area contributed by atoms with Crippen LogP contribution in [0.4, 0.5) is 0 Å². The summed E-state index contributed by atoms with van der Waals surface area (Å²) < 4.78 is 5.06. The third kappa shape index (κ3) is 10.9. The predicted octanol–water partition coefficient (Wildman–Crippen LogP) is 1.58. The first kappa shape index (κ1) is 14.0. The van der Waals surface area contributed by atoms with Gasteiger partial charge in [-0.05, 0) is 11.8 Å². The molecule has 0 unspecified atom stereocenters. The molecule has 0 saturated carbocycles. The van der Waals surface area contributed by atoms with Crippen LogP contribution in [0.2, 0.25) is 0 Å².